The third-order valence-electron chi connectivity index (χ3n) is 3.75. The van der Waals surface area contributed by atoms with Crippen LogP contribution < -0.4 is 0 Å². The zero-order valence-electron chi connectivity index (χ0n) is 12.5. The fourth-order valence-corrected chi connectivity index (χ4v) is 2.43. The summed E-state index contributed by atoms with van der Waals surface area (Å²) in [5, 5.41) is 9.21. The lowest BCUT2D eigenvalue weighted by atomic mass is 9.92. The second-order valence-corrected chi connectivity index (χ2v) is 5.71. The zero-order valence-corrected chi connectivity index (χ0v) is 12.5. The van der Waals surface area contributed by atoms with Crippen molar-refractivity contribution in [3.8, 4) is 0 Å². The van der Waals surface area contributed by atoms with E-state index >= 15 is 0 Å². The Morgan fingerprint density at radius 2 is 1.90 bits per heavy atom. The van der Waals surface area contributed by atoms with Crippen LogP contribution in [-0.4, -0.2) is 59.4 Å². The molecule has 0 aromatic carbocycles. The van der Waals surface area contributed by atoms with Gasteiger partial charge in [0.05, 0.1) is 0 Å². The van der Waals surface area contributed by atoms with Crippen molar-refractivity contribution in [3.63, 3.8) is 0 Å². The van der Waals surface area contributed by atoms with Crippen molar-refractivity contribution in [1.29, 1.82) is 0 Å². The van der Waals surface area contributed by atoms with Crippen LogP contribution in [0, 0.1) is 5.92 Å². The monoisotopic (exact) mass is 284 g/mol. The summed E-state index contributed by atoms with van der Waals surface area (Å²) in [6.07, 6.45) is 2.37. The molecule has 0 aromatic heterocycles. The molecule has 2 amide bonds. The Labute approximate surface area is 119 Å². The molecule has 1 rings (SSSR count). The molecule has 1 aliphatic rings. The number of aliphatic carboxylic acids is 1. The van der Waals surface area contributed by atoms with Gasteiger partial charge < -0.3 is 14.9 Å². The van der Waals surface area contributed by atoms with Crippen molar-refractivity contribution in [3.05, 3.63) is 0 Å². The maximum absolute atomic E-state index is 12.1. The van der Waals surface area contributed by atoms with Crippen molar-refractivity contribution in [1.82, 2.24) is 9.80 Å². The molecule has 6 heteroatoms. The molecule has 1 N–H and O–H groups in total. The molecule has 0 radical (unpaired) electrons. The van der Waals surface area contributed by atoms with Gasteiger partial charge in [-0.25, -0.2) is 4.79 Å². The summed E-state index contributed by atoms with van der Waals surface area (Å²) in [6.45, 7) is 2.51. The summed E-state index contributed by atoms with van der Waals surface area (Å²) in [5.41, 5.74) is 0. The highest BCUT2D eigenvalue weighted by molar-refractivity contribution is 5.84. The lowest BCUT2D eigenvalue weighted by molar-refractivity contribution is -0.153. The molecule has 1 saturated heterocycles. The normalized spacial score (nSPS) is 22.4. The molecule has 0 spiro atoms. The van der Waals surface area contributed by atoms with E-state index in [0.717, 1.165) is 6.42 Å². The Balaban J connectivity index is 2.48. The van der Waals surface area contributed by atoms with E-state index < -0.39 is 12.0 Å². The number of piperidine rings is 1. The number of carboxylic acid groups (broad SMARTS) is 1. The third-order valence-corrected chi connectivity index (χ3v) is 3.75. The number of likely N-dealkylation sites (tertiary alicyclic amines) is 1. The van der Waals surface area contributed by atoms with Crippen LogP contribution in [0.1, 0.15) is 39.0 Å². The Kier molecular flexibility index (Phi) is 5.98. The fraction of sp³-hybridized carbons (Fsp3) is 0.786. The van der Waals surface area contributed by atoms with Gasteiger partial charge in [-0.1, -0.05) is 6.92 Å². The van der Waals surface area contributed by atoms with Gasteiger partial charge in [0.15, 0.2) is 0 Å². The summed E-state index contributed by atoms with van der Waals surface area (Å²) < 4.78 is 0. The molecule has 6 nitrogen and oxygen atoms in total. The second-order valence-electron chi connectivity index (χ2n) is 5.71. The number of carbonyl (C=O) groups excluding carboxylic acids is 2. The minimum Gasteiger partial charge on any atom is -0.480 e. The number of hydrogen-bond acceptors (Lipinski definition) is 3. The van der Waals surface area contributed by atoms with E-state index in [4.69, 9.17) is 0 Å². The van der Waals surface area contributed by atoms with Crippen molar-refractivity contribution < 1.29 is 19.5 Å². The van der Waals surface area contributed by atoms with Gasteiger partial charge >= 0.3 is 5.97 Å². The number of carboxylic acids is 1. The van der Waals surface area contributed by atoms with Crippen LogP contribution >= 0.6 is 0 Å². The lowest BCUT2D eigenvalue weighted by Crippen LogP contribution is -2.49. The molecular formula is C14H24N2O4. The first-order valence-electron chi connectivity index (χ1n) is 7.05. The SMILES string of the molecule is CC1CCN(C(=O)CCCC(=O)N(C)C)C(C(=O)O)C1. The Bertz CT molecular complexity index is 381. The number of nitrogens with zero attached hydrogens (tertiary/aromatic N) is 2. The van der Waals surface area contributed by atoms with E-state index in [1.165, 1.54) is 9.80 Å². The van der Waals surface area contributed by atoms with Gasteiger partial charge in [0.1, 0.15) is 6.04 Å². The highest BCUT2D eigenvalue weighted by Crippen LogP contribution is 2.23. The molecule has 1 heterocycles. The van der Waals surface area contributed by atoms with Crippen LogP contribution in [0.4, 0.5) is 0 Å². The van der Waals surface area contributed by atoms with E-state index in [1.807, 2.05) is 6.92 Å². The molecule has 1 fully saturated rings. The van der Waals surface area contributed by atoms with Crippen LogP contribution in [0.15, 0.2) is 0 Å². The Morgan fingerprint density at radius 3 is 2.45 bits per heavy atom. The molecule has 20 heavy (non-hydrogen) atoms. The smallest absolute Gasteiger partial charge is 0.326 e. The molecule has 0 aromatic rings. The molecular weight excluding hydrogens is 260 g/mol. The molecule has 2 unspecified atom stereocenters. The van der Waals surface area contributed by atoms with Gasteiger partial charge in [-0.05, 0) is 25.2 Å². The quantitative estimate of drug-likeness (QED) is 0.815. The van der Waals surface area contributed by atoms with E-state index in [2.05, 4.69) is 0 Å². The number of rotatable bonds is 5. The first-order valence-corrected chi connectivity index (χ1v) is 7.05. The maximum atomic E-state index is 12.1. The Hall–Kier alpha value is -1.59. The summed E-state index contributed by atoms with van der Waals surface area (Å²) in [7, 11) is 3.35. The van der Waals surface area contributed by atoms with Crippen molar-refractivity contribution in [2.24, 2.45) is 5.92 Å². The average molecular weight is 284 g/mol. The van der Waals surface area contributed by atoms with Crippen molar-refractivity contribution >= 4 is 17.8 Å². The van der Waals surface area contributed by atoms with Gasteiger partial charge in [-0.3, -0.25) is 9.59 Å². The summed E-state index contributed by atoms with van der Waals surface area (Å²) >= 11 is 0. The first-order chi connectivity index (χ1) is 9.32. The van der Waals surface area contributed by atoms with Crippen LogP contribution in [0.3, 0.4) is 0 Å². The van der Waals surface area contributed by atoms with Crippen LogP contribution in [0.25, 0.3) is 0 Å². The van der Waals surface area contributed by atoms with E-state index in [-0.39, 0.29) is 18.2 Å². The van der Waals surface area contributed by atoms with Gasteiger partial charge in [0.25, 0.3) is 0 Å². The summed E-state index contributed by atoms with van der Waals surface area (Å²) in [5.74, 6) is -0.777. The van der Waals surface area contributed by atoms with E-state index in [1.54, 1.807) is 14.1 Å². The Morgan fingerprint density at radius 1 is 1.25 bits per heavy atom. The minimum atomic E-state index is -0.936. The minimum absolute atomic E-state index is 0.0140. The zero-order chi connectivity index (χ0) is 15.3. The summed E-state index contributed by atoms with van der Waals surface area (Å²) in [4.78, 5) is 37.7. The maximum Gasteiger partial charge on any atom is 0.326 e. The highest BCUT2D eigenvalue weighted by Gasteiger charge is 2.34. The van der Waals surface area contributed by atoms with E-state index in [9.17, 15) is 19.5 Å². The van der Waals surface area contributed by atoms with Gasteiger partial charge in [0.2, 0.25) is 11.8 Å². The summed E-state index contributed by atoms with van der Waals surface area (Å²) in [6, 6.07) is -0.712. The number of amides is 2. The molecule has 1 aliphatic heterocycles. The van der Waals surface area contributed by atoms with Gasteiger partial charge in [-0.2, -0.15) is 0 Å². The molecule has 0 saturated carbocycles. The van der Waals surface area contributed by atoms with Crippen LogP contribution in [0.2, 0.25) is 0 Å². The van der Waals surface area contributed by atoms with Gasteiger partial charge in [0, 0.05) is 33.5 Å². The third kappa shape index (κ3) is 4.51. The average Bonchev–Trinajstić information content (AvgIpc) is 2.37. The number of hydrogen-bond donors (Lipinski definition) is 1. The van der Waals surface area contributed by atoms with Gasteiger partial charge in [-0.15, -0.1) is 0 Å². The topological polar surface area (TPSA) is 77.9 Å². The standard InChI is InChI=1S/C14H24N2O4/c1-10-7-8-16(11(9-10)14(19)20)13(18)6-4-5-12(17)15(2)3/h10-11H,4-9H2,1-3H3,(H,19,20). The predicted octanol–water partition coefficient (Wildman–Crippen LogP) is 0.957. The predicted molar refractivity (Wildman–Crippen MR) is 74.1 cm³/mol. The van der Waals surface area contributed by atoms with Crippen LogP contribution in [0.5, 0.6) is 0 Å². The molecule has 0 bridgehead atoms. The molecule has 114 valence electrons. The largest absolute Gasteiger partial charge is 0.480 e. The number of carbonyl (C=O) groups is 3. The van der Waals surface area contributed by atoms with Crippen LogP contribution in [-0.2, 0) is 14.4 Å². The lowest BCUT2D eigenvalue weighted by Gasteiger charge is -2.36. The van der Waals surface area contributed by atoms with E-state index in [0.29, 0.717) is 31.7 Å². The van der Waals surface area contributed by atoms with Crippen molar-refractivity contribution in [2.75, 3.05) is 20.6 Å². The second kappa shape index (κ2) is 7.26. The van der Waals surface area contributed by atoms with Crippen molar-refractivity contribution in [2.45, 2.75) is 45.1 Å². The first kappa shape index (κ1) is 16.5. The fourth-order valence-electron chi connectivity index (χ4n) is 2.43. The molecule has 2 atom stereocenters. The highest BCUT2D eigenvalue weighted by atomic mass is 16.4. The molecule has 0 aliphatic carbocycles.